The first-order valence-electron chi connectivity index (χ1n) is 6.18. The molecule has 1 fully saturated rings. The van der Waals surface area contributed by atoms with Gasteiger partial charge in [-0.15, -0.1) is 23.5 Å². The molecule has 0 N–H and O–H groups in total. The van der Waals surface area contributed by atoms with Gasteiger partial charge in [0, 0.05) is 27.5 Å². The molecule has 2 nitrogen and oxygen atoms in total. The Balaban J connectivity index is 1.95. The van der Waals surface area contributed by atoms with E-state index in [1.807, 2.05) is 59.9 Å². The first kappa shape index (κ1) is 14.2. The SMILES string of the molecule is O=C(c1cccc(Br)c1)C(c1ccncc1)C1SCS1. The number of thioether (sulfide) groups is 2. The first-order chi connectivity index (χ1) is 9.75. The summed E-state index contributed by atoms with van der Waals surface area (Å²) in [4.78, 5) is 16.9. The number of carbonyl (C=O) groups excluding carboxylic acids is 1. The van der Waals surface area contributed by atoms with Gasteiger partial charge in [-0.3, -0.25) is 9.78 Å². The van der Waals surface area contributed by atoms with Crippen LogP contribution in [0.25, 0.3) is 0 Å². The smallest absolute Gasteiger partial charge is 0.172 e. The summed E-state index contributed by atoms with van der Waals surface area (Å²) in [6.45, 7) is 0. The highest BCUT2D eigenvalue weighted by Crippen LogP contribution is 2.48. The molecule has 1 atom stereocenters. The summed E-state index contributed by atoms with van der Waals surface area (Å²) in [6.07, 6.45) is 3.51. The Kier molecular flexibility index (Phi) is 4.48. The lowest BCUT2D eigenvalue weighted by Gasteiger charge is -2.32. The molecule has 20 heavy (non-hydrogen) atoms. The second-order valence-corrected chi connectivity index (χ2v) is 8.29. The third-order valence-corrected chi connectivity index (χ3v) is 6.79. The Morgan fingerprint density at radius 2 is 2.00 bits per heavy atom. The molecule has 1 aliphatic rings. The number of pyridine rings is 1. The molecule has 5 heteroatoms. The van der Waals surface area contributed by atoms with Crippen LogP contribution >= 0.6 is 39.5 Å². The molecular weight excluding hydrogens is 354 g/mol. The fourth-order valence-corrected chi connectivity index (χ4v) is 4.68. The molecule has 1 saturated heterocycles. The standard InChI is InChI=1S/C15H12BrNOS2/c16-12-3-1-2-11(8-12)14(18)13(15-19-9-20-15)10-4-6-17-7-5-10/h1-8,13,15H,9H2. The molecule has 0 saturated carbocycles. The molecule has 2 heterocycles. The summed E-state index contributed by atoms with van der Waals surface area (Å²) in [6, 6.07) is 11.5. The van der Waals surface area contributed by atoms with E-state index in [1.54, 1.807) is 12.4 Å². The van der Waals surface area contributed by atoms with Gasteiger partial charge in [0.1, 0.15) is 0 Å². The van der Waals surface area contributed by atoms with E-state index in [1.165, 1.54) is 0 Å². The Morgan fingerprint density at radius 3 is 2.60 bits per heavy atom. The van der Waals surface area contributed by atoms with Gasteiger partial charge < -0.3 is 0 Å². The van der Waals surface area contributed by atoms with E-state index in [0.29, 0.717) is 4.58 Å². The summed E-state index contributed by atoms with van der Waals surface area (Å²) < 4.78 is 1.25. The van der Waals surface area contributed by atoms with Gasteiger partial charge in [-0.2, -0.15) is 0 Å². The van der Waals surface area contributed by atoms with E-state index in [4.69, 9.17) is 0 Å². The zero-order chi connectivity index (χ0) is 13.9. The fraction of sp³-hybridized carbons (Fsp3) is 0.200. The number of nitrogens with zero attached hydrogens (tertiary/aromatic N) is 1. The van der Waals surface area contributed by atoms with Crippen molar-refractivity contribution in [2.45, 2.75) is 10.5 Å². The lowest BCUT2D eigenvalue weighted by atomic mass is 9.92. The van der Waals surface area contributed by atoms with Crippen LogP contribution in [-0.2, 0) is 0 Å². The maximum atomic E-state index is 12.9. The number of carbonyl (C=O) groups is 1. The summed E-state index contributed by atoms with van der Waals surface area (Å²) in [7, 11) is 0. The largest absolute Gasteiger partial charge is 0.293 e. The molecular formula is C15H12BrNOS2. The number of hydrogen-bond donors (Lipinski definition) is 0. The van der Waals surface area contributed by atoms with Crippen molar-refractivity contribution in [3.63, 3.8) is 0 Å². The van der Waals surface area contributed by atoms with Crippen molar-refractivity contribution in [2.24, 2.45) is 0 Å². The van der Waals surface area contributed by atoms with E-state index in [2.05, 4.69) is 20.9 Å². The monoisotopic (exact) mass is 365 g/mol. The molecule has 1 aromatic carbocycles. The summed E-state index contributed by atoms with van der Waals surface area (Å²) in [5.74, 6) is 0.0817. The molecule has 3 rings (SSSR count). The minimum absolute atomic E-state index is 0.101. The van der Waals surface area contributed by atoms with Crippen molar-refractivity contribution < 1.29 is 4.79 Å². The minimum atomic E-state index is -0.101. The number of ketones is 1. The molecule has 0 amide bonds. The normalized spacial score (nSPS) is 16.4. The van der Waals surface area contributed by atoms with E-state index in [0.717, 1.165) is 20.7 Å². The molecule has 0 aliphatic carbocycles. The van der Waals surface area contributed by atoms with Crippen LogP contribution in [0.3, 0.4) is 0 Å². The molecule has 1 aromatic heterocycles. The van der Waals surface area contributed by atoms with Crippen molar-refractivity contribution >= 4 is 45.2 Å². The van der Waals surface area contributed by atoms with Crippen LogP contribution in [0.1, 0.15) is 21.8 Å². The lowest BCUT2D eigenvalue weighted by Crippen LogP contribution is -2.26. The van der Waals surface area contributed by atoms with E-state index >= 15 is 0 Å². The van der Waals surface area contributed by atoms with Gasteiger partial charge in [0.25, 0.3) is 0 Å². The predicted octanol–water partition coefficient (Wildman–Crippen LogP) is 4.57. The molecule has 0 spiro atoms. The Labute approximate surface area is 134 Å². The van der Waals surface area contributed by atoms with Crippen molar-refractivity contribution in [1.29, 1.82) is 0 Å². The maximum Gasteiger partial charge on any atom is 0.172 e. The van der Waals surface area contributed by atoms with Gasteiger partial charge in [-0.25, -0.2) is 0 Å². The number of rotatable bonds is 4. The second kappa shape index (κ2) is 6.33. The number of halogens is 1. The lowest BCUT2D eigenvalue weighted by molar-refractivity contribution is 0.0965. The van der Waals surface area contributed by atoms with Crippen LogP contribution in [-0.4, -0.2) is 20.4 Å². The van der Waals surface area contributed by atoms with Crippen LogP contribution < -0.4 is 0 Å². The summed E-state index contributed by atoms with van der Waals surface area (Å²) in [5, 5.41) is 1.07. The minimum Gasteiger partial charge on any atom is -0.293 e. The quantitative estimate of drug-likeness (QED) is 0.742. The van der Waals surface area contributed by atoms with Crippen molar-refractivity contribution in [3.05, 3.63) is 64.4 Å². The highest BCUT2D eigenvalue weighted by molar-refractivity contribution is 9.10. The van der Waals surface area contributed by atoms with Gasteiger partial charge in [-0.1, -0.05) is 28.1 Å². The Hall–Kier alpha value is -0.780. The van der Waals surface area contributed by atoms with Gasteiger partial charge in [0.2, 0.25) is 0 Å². The molecule has 0 radical (unpaired) electrons. The highest BCUT2D eigenvalue weighted by Gasteiger charge is 2.35. The van der Waals surface area contributed by atoms with E-state index in [-0.39, 0.29) is 11.7 Å². The third kappa shape index (κ3) is 2.95. The average molecular weight is 366 g/mol. The topological polar surface area (TPSA) is 30.0 Å². The maximum absolute atomic E-state index is 12.9. The molecule has 0 bridgehead atoms. The second-order valence-electron chi connectivity index (χ2n) is 4.45. The fourth-order valence-electron chi connectivity index (χ4n) is 2.16. The number of hydrogen-bond acceptors (Lipinski definition) is 4. The van der Waals surface area contributed by atoms with Crippen LogP contribution in [0.5, 0.6) is 0 Å². The van der Waals surface area contributed by atoms with Gasteiger partial charge in [0.05, 0.1) is 10.5 Å². The number of aromatic nitrogens is 1. The summed E-state index contributed by atoms with van der Waals surface area (Å²) >= 11 is 7.12. The number of benzene rings is 1. The number of Topliss-reactive ketones (excluding diaryl/α,β-unsaturated/α-hetero) is 1. The molecule has 1 aliphatic heterocycles. The van der Waals surface area contributed by atoms with Crippen molar-refractivity contribution in [2.75, 3.05) is 5.08 Å². The van der Waals surface area contributed by atoms with E-state index < -0.39 is 0 Å². The molecule has 1 unspecified atom stereocenters. The molecule has 102 valence electrons. The van der Waals surface area contributed by atoms with Gasteiger partial charge in [0.15, 0.2) is 5.78 Å². The van der Waals surface area contributed by atoms with Crippen LogP contribution in [0.4, 0.5) is 0 Å². The Morgan fingerprint density at radius 1 is 1.25 bits per heavy atom. The Bertz CT molecular complexity index is 616. The average Bonchev–Trinajstić information content (AvgIpc) is 2.43. The van der Waals surface area contributed by atoms with Crippen LogP contribution in [0.15, 0.2) is 53.3 Å². The van der Waals surface area contributed by atoms with Crippen LogP contribution in [0, 0.1) is 0 Å². The van der Waals surface area contributed by atoms with Crippen LogP contribution in [0.2, 0.25) is 0 Å². The van der Waals surface area contributed by atoms with Crippen molar-refractivity contribution in [1.82, 2.24) is 4.98 Å². The zero-order valence-electron chi connectivity index (χ0n) is 10.5. The van der Waals surface area contributed by atoms with Gasteiger partial charge >= 0.3 is 0 Å². The summed E-state index contributed by atoms with van der Waals surface area (Å²) in [5.41, 5.74) is 1.81. The third-order valence-electron chi connectivity index (χ3n) is 3.19. The first-order valence-corrected chi connectivity index (χ1v) is 9.07. The van der Waals surface area contributed by atoms with Crippen molar-refractivity contribution in [3.8, 4) is 0 Å². The predicted molar refractivity (Wildman–Crippen MR) is 89.3 cm³/mol. The molecule has 2 aromatic rings. The van der Waals surface area contributed by atoms with Gasteiger partial charge in [-0.05, 0) is 29.8 Å². The highest BCUT2D eigenvalue weighted by atomic mass is 79.9. The zero-order valence-corrected chi connectivity index (χ0v) is 13.7. The van der Waals surface area contributed by atoms with E-state index in [9.17, 15) is 4.79 Å².